The van der Waals surface area contributed by atoms with Gasteiger partial charge in [-0.1, -0.05) is 32.0 Å². The molecule has 2 aromatic heterocycles. The Morgan fingerprint density at radius 1 is 1.26 bits per heavy atom. The average Bonchev–Trinajstić information content (AvgIpc) is 3.04. The molecule has 0 saturated carbocycles. The summed E-state index contributed by atoms with van der Waals surface area (Å²) >= 11 is 1.43. The van der Waals surface area contributed by atoms with Gasteiger partial charge in [0.1, 0.15) is 5.00 Å². The van der Waals surface area contributed by atoms with Gasteiger partial charge in [0.25, 0.3) is 0 Å². The van der Waals surface area contributed by atoms with Crippen molar-refractivity contribution in [2.24, 2.45) is 5.92 Å². The molecule has 0 aliphatic rings. The molecule has 19 heavy (non-hydrogen) atoms. The first kappa shape index (κ1) is 12.1. The van der Waals surface area contributed by atoms with Crippen molar-refractivity contribution in [2.45, 2.75) is 13.8 Å². The van der Waals surface area contributed by atoms with Crippen LogP contribution in [0.25, 0.3) is 15.9 Å². The van der Waals surface area contributed by atoms with Gasteiger partial charge in [0.2, 0.25) is 0 Å². The van der Waals surface area contributed by atoms with Crippen molar-refractivity contribution in [1.29, 1.82) is 0 Å². The molecule has 2 heterocycles. The first-order valence-corrected chi connectivity index (χ1v) is 7.01. The Labute approximate surface area is 115 Å². The first-order chi connectivity index (χ1) is 9.18. The molecule has 0 saturated heterocycles. The molecule has 0 aliphatic heterocycles. The minimum atomic E-state index is 0.000664. The topological polar surface area (TPSA) is 34.9 Å². The smallest absolute Gasteiger partial charge is 0.167 e. The standard InChI is InChI=1S/C15H14N2OS/c1-10(2)15(18)12-9-17(14-7-8-16-19-14)13-6-4-3-5-11(12)13/h3-10H,1-2H3. The van der Waals surface area contributed by atoms with E-state index in [1.165, 1.54) is 11.5 Å². The Bertz CT molecular complexity index is 726. The van der Waals surface area contributed by atoms with Crippen LogP contribution in [0.5, 0.6) is 0 Å². The number of hydrogen-bond donors (Lipinski definition) is 0. The van der Waals surface area contributed by atoms with Crippen molar-refractivity contribution < 1.29 is 4.79 Å². The molecule has 0 radical (unpaired) electrons. The molecular formula is C15H14N2OS. The summed E-state index contributed by atoms with van der Waals surface area (Å²) in [6.45, 7) is 3.86. The van der Waals surface area contributed by atoms with Gasteiger partial charge in [-0.25, -0.2) is 0 Å². The lowest BCUT2D eigenvalue weighted by Gasteiger charge is -2.01. The third kappa shape index (κ3) is 1.98. The van der Waals surface area contributed by atoms with Crippen molar-refractivity contribution in [2.75, 3.05) is 0 Å². The molecule has 1 aromatic carbocycles. The van der Waals surface area contributed by atoms with E-state index in [0.717, 1.165) is 21.5 Å². The summed E-state index contributed by atoms with van der Waals surface area (Å²) < 4.78 is 6.17. The zero-order valence-corrected chi connectivity index (χ0v) is 11.6. The van der Waals surface area contributed by atoms with Crippen LogP contribution >= 0.6 is 11.5 Å². The number of rotatable bonds is 3. The van der Waals surface area contributed by atoms with Gasteiger partial charge >= 0.3 is 0 Å². The summed E-state index contributed by atoms with van der Waals surface area (Å²) in [5, 5.41) is 2.04. The van der Waals surface area contributed by atoms with Crippen molar-refractivity contribution in [3.8, 4) is 5.00 Å². The van der Waals surface area contributed by atoms with E-state index in [4.69, 9.17) is 0 Å². The summed E-state index contributed by atoms with van der Waals surface area (Å²) in [7, 11) is 0. The minimum absolute atomic E-state index is 0.000664. The fraction of sp³-hybridized carbons (Fsp3) is 0.200. The summed E-state index contributed by atoms with van der Waals surface area (Å²) in [6.07, 6.45) is 3.71. The molecule has 3 nitrogen and oxygen atoms in total. The van der Waals surface area contributed by atoms with Crippen molar-refractivity contribution in [1.82, 2.24) is 8.94 Å². The van der Waals surface area contributed by atoms with Gasteiger partial charge in [0.05, 0.1) is 5.52 Å². The monoisotopic (exact) mass is 270 g/mol. The number of nitrogens with zero attached hydrogens (tertiary/aromatic N) is 2. The Kier molecular flexibility index (Phi) is 2.95. The Morgan fingerprint density at radius 2 is 2.05 bits per heavy atom. The molecule has 0 aliphatic carbocycles. The molecular weight excluding hydrogens is 256 g/mol. The Morgan fingerprint density at radius 3 is 2.74 bits per heavy atom. The normalized spacial score (nSPS) is 11.3. The maximum Gasteiger partial charge on any atom is 0.167 e. The highest BCUT2D eigenvalue weighted by Gasteiger charge is 2.18. The van der Waals surface area contributed by atoms with Gasteiger partial charge in [0, 0.05) is 29.3 Å². The molecule has 3 rings (SSSR count). The summed E-state index contributed by atoms with van der Waals surface area (Å²) in [4.78, 5) is 12.3. The molecule has 3 aromatic rings. The van der Waals surface area contributed by atoms with Crippen LogP contribution in [0.2, 0.25) is 0 Å². The second kappa shape index (κ2) is 4.63. The second-order valence-electron chi connectivity index (χ2n) is 4.80. The Balaban J connectivity index is 2.28. The van der Waals surface area contributed by atoms with Crippen LogP contribution in [-0.2, 0) is 0 Å². The van der Waals surface area contributed by atoms with Crippen LogP contribution in [0.3, 0.4) is 0 Å². The van der Waals surface area contributed by atoms with E-state index in [-0.39, 0.29) is 11.7 Å². The van der Waals surface area contributed by atoms with Crippen molar-refractivity contribution >= 4 is 28.2 Å². The van der Waals surface area contributed by atoms with Gasteiger partial charge < -0.3 is 4.57 Å². The maximum atomic E-state index is 12.3. The third-order valence-corrected chi connectivity index (χ3v) is 3.91. The molecule has 0 fully saturated rings. The molecule has 0 spiro atoms. The number of benzene rings is 1. The van der Waals surface area contributed by atoms with Crippen LogP contribution in [-0.4, -0.2) is 14.7 Å². The number of carbonyl (C=O) groups excluding carboxylic acids is 1. The number of para-hydroxylation sites is 1. The fourth-order valence-electron chi connectivity index (χ4n) is 2.20. The molecule has 0 bridgehead atoms. The second-order valence-corrected chi connectivity index (χ2v) is 5.61. The molecule has 4 heteroatoms. The third-order valence-electron chi connectivity index (χ3n) is 3.16. The van der Waals surface area contributed by atoms with Crippen LogP contribution in [0.1, 0.15) is 24.2 Å². The van der Waals surface area contributed by atoms with E-state index in [9.17, 15) is 4.79 Å². The van der Waals surface area contributed by atoms with E-state index < -0.39 is 0 Å². The zero-order chi connectivity index (χ0) is 13.4. The molecule has 96 valence electrons. The van der Waals surface area contributed by atoms with E-state index in [1.807, 2.05) is 54.9 Å². The highest BCUT2D eigenvalue weighted by atomic mass is 32.1. The minimum Gasteiger partial charge on any atom is -0.306 e. The fourth-order valence-corrected chi connectivity index (χ4v) is 2.79. The first-order valence-electron chi connectivity index (χ1n) is 6.24. The number of fused-ring (bicyclic) bond motifs is 1. The number of hydrogen-bond acceptors (Lipinski definition) is 3. The maximum absolute atomic E-state index is 12.3. The molecule has 0 amide bonds. The lowest BCUT2D eigenvalue weighted by molar-refractivity contribution is 0.0941. The van der Waals surface area contributed by atoms with E-state index in [2.05, 4.69) is 4.37 Å². The summed E-state index contributed by atoms with van der Waals surface area (Å²) in [5.74, 6) is 0.181. The van der Waals surface area contributed by atoms with E-state index in [0.29, 0.717) is 0 Å². The van der Waals surface area contributed by atoms with Crippen LogP contribution in [0, 0.1) is 5.92 Å². The van der Waals surface area contributed by atoms with Gasteiger partial charge in [-0.15, -0.1) is 0 Å². The highest BCUT2D eigenvalue weighted by Crippen LogP contribution is 2.27. The summed E-state index contributed by atoms with van der Waals surface area (Å²) in [6, 6.07) is 9.95. The van der Waals surface area contributed by atoms with Crippen molar-refractivity contribution in [3.63, 3.8) is 0 Å². The quantitative estimate of drug-likeness (QED) is 0.676. The van der Waals surface area contributed by atoms with Gasteiger partial charge in [0.15, 0.2) is 5.78 Å². The number of carbonyl (C=O) groups is 1. The average molecular weight is 270 g/mol. The lowest BCUT2D eigenvalue weighted by atomic mass is 10.0. The van der Waals surface area contributed by atoms with Crippen LogP contribution in [0.4, 0.5) is 0 Å². The summed E-state index contributed by atoms with van der Waals surface area (Å²) in [5.41, 5.74) is 1.84. The number of ketones is 1. The molecule has 0 N–H and O–H groups in total. The SMILES string of the molecule is CC(C)C(=O)c1cn(-c2ccns2)c2ccccc12. The predicted molar refractivity (Wildman–Crippen MR) is 78.1 cm³/mol. The van der Waals surface area contributed by atoms with Gasteiger partial charge in [-0.2, -0.15) is 4.37 Å². The largest absolute Gasteiger partial charge is 0.306 e. The number of aromatic nitrogens is 2. The van der Waals surface area contributed by atoms with E-state index >= 15 is 0 Å². The van der Waals surface area contributed by atoms with Crippen molar-refractivity contribution in [3.05, 3.63) is 48.3 Å². The van der Waals surface area contributed by atoms with Gasteiger partial charge in [-0.3, -0.25) is 4.79 Å². The van der Waals surface area contributed by atoms with E-state index in [1.54, 1.807) is 6.20 Å². The number of Topliss-reactive ketones (excluding diaryl/α,β-unsaturated/α-hetero) is 1. The Hall–Kier alpha value is -1.94. The molecule has 0 unspecified atom stereocenters. The van der Waals surface area contributed by atoms with Crippen LogP contribution < -0.4 is 0 Å². The predicted octanol–water partition coefficient (Wildman–Crippen LogP) is 3.93. The zero-order valence-electron chi connectivity index (χ0n) is 10.8. The van der Waals surface area contributed by atoms with Crippen LogP contribution in [0.15, 0.2) is 42.7 Å². The lowest BCUT2D eigenvalue weighted by Crippen LogP contribution is -2.06. The molecule has 0 atom stereocenters. The highest BCUT2D eigenvalue weighted by molar-refractivity contribution is 7.08. The van der Waals surface area contributed by atoms with Gasteiger partial charge in [-0.05, 0) is 23.7 Å².